The van der Waals surface area contributed by atoms with E-state index in [9.17, 15) is 9.90 Å². The average molecular weight is 347 g/mol. The van der Waals surface area contributed by atoms with Crippen LogP contribution in [0.5, 0.6) is 5.75 Å². The molecule has 0 radical (unpaired) electrons. The molecule has 2 aromatic carbocycles. The zero-order valence-electron chi connectivity index (χ0n) is 11.5. The molecular formula is C16H15BrN2O2. The Labute approximate surface area is 131 Å². The lowest BCUT2D eigenvalue weighted by Crippen LogP contribution is -2.35. The summed E-state index contributed by atoms with van der Waals surface area (Å²) in [5.74, 6) is -0.0564. The highest BCUT2D eigenvalue weighted by Gasteiger charge is 2.31. The smallest absolute Gasteiger partial charge is 0.258 e. The highest BCUT2D eigenvalue weighted by Crippen LogP contribution is 2.35. The number of carbonyl (C=O) groups excluding carboxylic acids is 1. The number of hydrogen-bond acceptors (Lipinski definition) is 3. The fourth-order valence-electron chi connectivity index (χ4n) is 2.75. The van der Waals surface area contributed by atoms with Crippen molar-refractivity contribution in [2.24, 2.45) is 0 Å². The Morgan fingerprint density at radius 2 is 2.10 bits per heavy atom. The summed E-state index contributed by atoms with van der Waals surface area (Å²) in [4.78, 5) is 14.5. The second-order valence-electron chi connectivity index (χ2n) is 5.28. The molecule has 0 bridgehead atoms. The van der Waals surface area contributed by atoms with Crippen LogP contribution in [-0.4, -0.2) is 17.1 Å². The van der Waals surface area contributed by atoms with Gasteiger partial charge in [-0.15, -0.1) is 0 Å². The van der Waals surface area contributed by atoms with Crippen molar-refractivity contribution in [1.82, 2.24) is 0 Å². The topological polar surface area (TPSA) is 66.6 Å². The van der Waals surface area contributed by atoms with E-state index in [4.69, 9.17) is 5.73 Å². The molecule has 3 N–H and O–H groups in total. The lowest BCUT2D eigenvalue weighted by atomic mass is 10.1. The third-order valence-electron chi connectivity index (χ3n) is 3.73. The molecule has 0 fully saturated rings. The summed E-state index contributed by atoms with van der Waals surface area (Å²) in [5.41, 5.74) is 8.95. The number of nitrogen functional groups attached to an aromatic ring is 1. The molecule has 108 valence electrons. The number of amides is 1. The number of benzene rings is 2. The molecule has 1 aliphatic rings. The van der Waals surface area contributed by atoms with Gasteiger partial charge in [-0.3, -0.25) is 4.79 Å². The number of anilines is 2. The molecule has 1 heterocycles. The first kappa shape index (κ1) is 13.9. The predicted molar refractivity (Wildman–Crippen MR) is 86.6 cm³/mol. The van der Waals surface area contributed by atoms with Gasteiger partial charge in [0.15, 0.2) is 0 Å². The van der Waals surface area contributed by atoms with Gasteiger partial charge < -0.3 is 15.7 Å². The van der Waals surface area contributed by atoms with Crippen LogP contribution in [-0.2, 0) is 6.42 Å². The highest BCUT2D eigenvalue weighted by molar-refractivity contribution is 9.10. The lowest BCUT2D eigenvalue weighted by Gasteiger charge is -2.23. The standard InChI is InChI=1S/C16H15BrN2O2/c1-9-6-11-7-12(18)3-5-14(11)19(9)16(21)10-2-4-13(17)15(20)8-10/h2-5,7-9,20H,6,18H2,1H3. The number of fused-ring (bicyclic) bond motifs is 1. The largest absolute Gasteiger partial charge is 0.507 e. The number of aromatic hydroxyl groups is 1. The second kappa shape index (κ2) is 5.07. The van der Waals surface area contributed by atoms with E-state index >= 15 is 0 Å². The molecule has 0 saturated carbocycles. The van der Waals surface area contributed by atoms with Gasteiger partial charge >= 0.3 is 0 Å². The number of halogens is 1. The molecule has 1 amide bonds. The van der Waals surface area contributed by atoms with Crippen LogP contribution in [0.15, 0.2) is 40.9 Å². The highest BCUT2D eigenvalue weighted by atomic mass is 79.9. The van der Waals surface area contributed by atoms with Crippen molar-refractivity contribution < 1.29 is 9.90 Å². The van der Waals surface area contributed by atoms with Gasteiger partial charge in [-0.2, -0.15) is 0 Å². The van der Waals surface area contributed by atoms with Crippen LogP contribution in [0.1, 0.15) is 22.8 Å². The molecule has 0 spiro atoms. The van der Waals surface area contributed by atoms with Crippen molar-refractivity contribution in [3.05, 3.63) is 52.0 Å². The molecule has 1 unspecified atom stereocenters. The Kier molecular flexibility index (Phi) is 3.37. The molecule has 0 aromatic heterocycles. The maximum Gasteiger partial charge on any atom is 0.258 e. The van der Waals surface area contributed by atoms with Crippen LogP contribution in [0.3, 0.4) is 0 Å². The molecule has 3 rings (SSSR count). The summed E-state index contributed by atoms with van der Waals surface area (Å²) >= 11 is 3.22. The van der Waals surface area contributed by atoms with Gasteiger partial charge in [0.05, 0.1) is 4.47 Å². The molecule has 5 heteroatoms. The van der Waals surface area contributed by atoms with E-state index in [2.05, 4.69) is 15.9 Å². The van der Waals surface area contributed by atoms with E-state index in [-0.39, 0.29) is 17.7 Å². The van der Waals surface area contributed by atoms with Crippen LogP contribution < -0.4 is 10.6 Å². The predicted octanol–water partition coefficient (Wildman–Crippen LogP) is 3.33. The van der Waals surface area contributed by atoms with Crippen LogP contribution >= 0.6 is 15.9 Å². The van der Waals surface area contributed by atoms with E-state index in [0.29, 0.717) is 15.7 Å². The van der Waals surface area contributed by atoms with Crippen LogP contribution in [0, 0.1) is 0 Å². The van der Waals surface area contributed by atoms with Gasteiger partial charge in [0.2, 0.25) is 0 Å². The van der Waals surface area contributed by atoms with Crippen molar-refractivity contribution in [1.29, 1.82) is 0 Å². The van der Waals surface area contributed by atoms with Crippen molar-refractivity contribution >= 4 is 33.2 Å². The van der Waals surface area contributed by atoms with Gasteiger partial charge in [0, 0.05) is 23.0 Å². The summed E-state index contributed by atoms with van der Waals surface area (Å²) in [7, 11) is 0. The maximum absolute atomic E-state index is 12.7. The first-order chi connectivity index (χ1) is 9.97. The Morgan fingerprint density at radius 3 is 2.81 bits per heavy atom. The fraction of sp³-hybridized carbons (Fsp3) is 0.188. The summed E-state index contributed by atoms with van der Waals surface area (Å²) < 4.78 is 0.571. The zero-order chi connectivity index (χ0) is 15.1. The number of carbonyl (C=O) groups is 1. The van der Waals surface area contributed by atoms with Crippen LogP contribution in [0.25, 0.3) is 0 Å². The lowest BCUT2D eigenvalue weighted by molar-refractivity contribution is 0.0981. The SMILES string of the molecule is CC1Cc2cc(N)ccc2N1C(=O)c1ccc(Br)c(O)c1. The van der Waals surface area contributed by atoms with E-state index < -0.39 is 0 Å². The second-order valence-corrected chi connectivity index (χ2v) is 6.14. The first-order valence-electron chi connectivity index (χ1n) is 6.68. The monoisotopic (exact) mass is 346 g/mol. The number of phenols is 1. The molecule has 4 nitrogen and oxygen atoms in total. The molecule has 1 atom stereocenters. The van der Waals surface area contributed by atoms with Crippen molar-refractivity contribution in [3.8, 4) is 5.75 Å². The Balaban J connectivity index is 2.00. The molecular weight excluding hydrogens is 332 g/mol. The summed E-state index contributed by atoms with van der Waals surface area (Å²) in [6, 6.07) is 10.5. The van der Waals surface area contributed by atoms with Gasteiger partial charge in [0.25, 0.3) is 5.91 Å². The molecule has 2 aromatic rings. The minimum Gasteiger partial charge on any atom is -0.507 e. The normalized spacial score (nSPS) is 16.9. The molecule has 1 aliphatic heterocycles. The minimum atomic E-state index is -0.117. The third kappa shape index (κ3) is 2.38. The van der Waals surface area contributed by atoms with E-state index in [1.54, 1.807) is 23.1 Å². The quantitative estimate of drug-likeness (QED) is 0.778. The number of rotatable bonds is 1. The number of nitrogens with zero attached hydrogens (tertiary/aromatic N) is 1. The van der Waals surface area contributed by atoms with Crippen molar-refractivity contribution in [2.75, 3.05) is 10.6 Å². The average Bonchev–Trinajstić information content (AvgIpc) is 2.76. The zero-order valence-corrected chi connectivity index (χ0v) is 13.1. The molecule has 0 aliphatic carbocycles. The maximum atomic E-state index is 12.7. The molecule has 0 saturated heterocycles. The van der Waals surface area contributed by atoms with Crippen molar-refractivity contribution in [3.63, 3.8) is 0 Å². The first-order valence-corrected chi connectivity index (χ1v) is 7.47. The van der Waals surface area contributed by atoms with Crippen LogP contribution in [0.2, 0.25) is 0 Å². The van der Waals surface area contributed by atoms with Gasteiger partial charge in [-0.25, -0.2) is 0 Å². The van der Waals surface area contributed by atoms with E-state index in [1.807, 2.05) is 19.1 Å². The molecule has 21 heavy (non-hydrogen) atoms. The summed E-state index contributed by atoms with van der Waals surface area (Å²) in [5, 5.41) is 9.76. The Hall–Kier alpha value is -2.01. The van der Waals surface area contributed by atoms with E-state index in [1.165, 1.54) is 6.07 Å². The summed E-state index contributed by atoms with van der Waals surface area (Å²) in [6.07, 6.45) is 0.786. The number of phenolic OH excluding ortho intramolecular Hbond substituents is 1. The van der Waals surface area contributed by atoms with Gasteiger partial charge in [0.1, 0.15) is 5.75 Å². The summed E-state index contributed by atoms with van der Waals surface area (Å²) in [6.45, 7) is 2.01. The number of hydrogen-bond donors (Lipinski definition) is 2. The van der Waals surface area contributed by atoms with Gasteiger partial charge in [-0.1, -0.05) is 0 Å². The van der Waals surface area contributed by atoms with Crippen LogP contribution in [0.4, 0.5) is 11.4 Å². The fourth-order valence-corrected chi connectivity index (χ4v) is 2.99. The number of nitrogens with two attached hydrogens (primary N) is 1. The van der Waals surface area contributed by atoms with Gasteiger partial charge in [-0.05, 0) is 71.2 Å². The third-order valence-corrected chi connectivity index (χ3v) is 4.40. The minimum absolute atomic E-state index is 0.0604. The van der Waals surface area contributed by atoms with Crippen molar-refractivity contribution in [2.45, 2.75) is 19.4 Å². The Morgan fingerprint density at radius 1 is 1.33 bits per heavy atom. The Bertz CT molecular complexity index is 730. The van der Waals surface area contributed by atoms with E-state index in [0.717, 1.165) is 17.7 Å².